The minimum Gasteiger partial charge on any atom is -0.461 e. The molecular weight excluding hydrogens is 307 g/mol. The van der Waals surface area contributed by atoms with Gasteiger partial charge in [-0.1, -0.05) is 18.2 Å². The lowest BCUT2D eigenvalue weighted by molar-refractivity contribution is -0.138. The lowest BCUT2D eigenvalue weighted by atomic mass is 9.95. The van der Waals surface area contributed by atoms with E-state index in [1.165, 1.54) is 12.1 Å². The van der Waals surface area contributed by atoms with Crippen LogP contribution in [0.25, 0.3) is 0 Å². The van der Waals surface area contributed by atoms with Crippen LogP contribution in [0.15, 0.2) is 35.5 Å². The molecule has 1 aliphatic heterocycles. The normalized spacial score (nSPS) is 17.8. The minimum atomic E-state index is -0.864. The molecule has 0 bridgehead atoms. The van der Waals surface area contributed by atoms with Gasteiger partial charge in [0, 0.05) is 17.0 Å². The van der Waals surface area contributed by atoms with Gasteiger partial charge in [0.05, 0.1) is 11.6 Å². The number of benzene rings is 1. The zero-order valence-electron chi connectivity index (χ0n) is 12.3. The Balaban J connectivity index is 2.33. The van der Waals surface area contributed by atoms with Crippen LogP contribution in [0.3, 0.4) is 0 Å². The summed E-state index contributed by atoms with van der Waals surface area (Å²) in [4.78, 5) is 23.9. The van der Waals surface area contributed by atoms with Gasteiger partial charge in [0.2, 0.25) is 0 Å². The van der Waals surface area contributed by atoms with Gasteiger partial charge in [-0.05, 0) is 19.2 Å². The average molecular weight is 324 g/mol. The SMILES string of the molecule is CSCCOC(=O)C1=C(C)NC(=O)N[C@H]1c1ccccc1F. The molecule has 1 atom stereocenters. The maximum absolute atomic E-state index is 14.0. The molecule has 0 radical (unpaired) electrons. The number of esters is 1. The molecule has 0 aromatic heterocycles. The number of carbonyl (C=O) groups is 2. The highest BCUT2D eigenvalue weighted by Gasteiger charge is 2.33. The number of rotatable bonds is 5. The van der Waals surface area contributed by atoms with Gasteiger partial charge in [-0.2, -0.15) is 11.8 Å². The minimum absolute atomic E-state index is 0.214. The van der Waals surface area contributed by atoms with Crippen LogP contribution < -0.4 is 10.6 Å². The summed E-state index contributed by atoms with van der Waals surface area (Å²) in [5, 5.41) is 5.09. The molecule has 0 saturated carbocycles. The van der Waals surface area contributed by atoms with Gasteiger partial charge in [-0.3, -0.25) is 0 Å². The van der Waals surface area contributed by atoms with Crippen molar-refractivity contribution >= 4 is 23.8 Å². The van der Waals surface area contributed by atoms with Crippen molar-refractivity contribution in [3.05, 3.63) is 46.9 Å². The van der Waals surface area contributed by atoms with Crippen LogP contribution in [0.4, 0.5) is 9.18 Å². The first kappa shape index (κ1) is 16.4. The van der Waals surface area contributed by atoms with Crippen molar-refractivity contribution in [3.63, 3.8) is 0 Å². The van der Waals surface area contributed by atoms with Gasteiger partial charge in [0.1, 0.15) is 12.4 Å². The number of urea groups is 1. The number of thioether (sulfide) groups is 1. The van der Waals surface area contributed by atoms with E-state index in [9.17, 15) is 14.0 Å². The Morgan fingerprint density at radius 1 is 1.41 bits per heavy atom. The van der Waals surface area contributed by atoms with Crippen LogP contribution in [-0.4, -0.2) is 30.6 Å². The number of amides is 2. The van der Waals surface area contributed by atoms with Crippen molar-refractivity contribution in [2.75, 3.05) is 18.6 Å². The summed E-state index contributed by atoms with van der Waals surface area (Å²) in [6.07, 6.45) is 1.91. The molecule has 5 nitrogen and oxygen atoms in total. The quantitative estimate of drug-likeness (QED) is 0.644. The summed E-state index contributed by atoms with van der Waals surface area (Å²) >= 11 is 1.55. The fourth-order valence-corrected chi connectivity index (χ4v) is 2.45. The monoisotopic (exact) mass is 324 g/mol. The van der Waals surface area contributed by atoms with Crippen LogP contribution in [0.1, 0.15) is 18.5 Å². The average Bonchev–Trinajstić information content (AvgIpc) is 2.47. The summed E-state index contributed by atoms with van der Waals surface area (Å²) in [5.41, 5.74) is 0.811. The highest BCUT2D eigenvalue weighted by Crippen LogP contribution is 2.29. The fraction of sp³-hybridized carbons (Fsp3) is 0.333. The molecule has 0 spiro atoms. The fourth-order valence-electron chi connectivity index (χ4n) is 2.20. The van der Waals surface area contributed by atoms with E-state index in [4.69, 9.17) is 4.74 Å². The van der Waals surface area contributed by atoms with Crippen molar-refractivity contribution in [2.24, 2.45) is 0 Å². The van der Waals surface area contributed by atoms with Crippen molar-refractivity contribution in [1.29, 1.82) is 0 Å². The van der Waals surface area contributed by atoms with E-state index in [1.807, 2.05) is 6.26 Å². The number of allylic oxidation sites excluding steroid dienone is 1. The number of ether oxygens (including phenoxy) is 1. The Morgan fingerprint density at radius 2 is 2.14 bits per heavy atom. The molecule has 1 heterocycles. The standard InChI is InChI=1S/C15H17FN2O3S/c1-9-12(14(19)21-7-8-22-2)13(18-15(20)17-9)10-5-3-4-6-11(10)16/h3-6,13H,7-8H2,1-2H3,(H2,17,18,20)/t13-/m0/s1. The number of halogens is 1. The van der Waals surface area contributed by atoms with Gasteiger partial charge in [0.25, 0.3) is 0 Å². The predicted octanol–water partition coefficient (Wildman–Crippen LogP) is 2.36. The molecule has 22 heavy (non-hydrogen) atoms. The molecule has 0 saturated heterocycles. The highest BCUT2D eigenvalue weighted by molar-refractivity contribution is 7.98. The molecule has 2 N–H and O–H groups in total. The van der Waals surface area contributed by atoms with E-state index in [0.717, 1.165) is 0 Å². The molecule has 7 heteroatoms. The summed E-state index contributed by atoms with van der Waals surface area (Å²) in [5.74, 6) is -0.383. The van der Waals surface area contributed by atoms with Gasteiger partial charge < -0.3 is 15.4 Å². The van der Waals surface area contributed by atoms with Gasteiger partial charge >= 0.3 is 12.0 Å². The molecule has 2 amide bonds. The van der Waals surface area contributed by atoms with Crippen LogP contribution in [0, 0.1) is 5.82 Å². The first-order valence-corrected chi connectivity index (χ1v) is 8.12. The van der Waals surface area contributed by atoms with E-state index >= 15 is 0 Å². The van der Waals surface area contributed by atoms with Crippen molar-refractivity contribution < 1.29 is 18.7 Å². The maximum Gasteiger partial charge on any atom is 0.338 e. The Morgan fingerprint density at radius 3 is 2.82 bits per heavy atom. The maximum atomic E-state index is 14.0. The molecule has 1 aromatic rings. The lowest BCUT2D eigenvalue weighted by Crippen LogP contribution is -2.45. The number of hydrogen-bond donors (Lipinski definition) is 2. The zero-order valence-corrected chi connectivity index (χ0v) is 13.1. The molecular formula is C15H17FN2O3S. The molecule has 0 fully saturated rings. The number of carbonyl (C=O) groups excluding carboxylic acids is 2. The second-order valence-corrected chi connectivity index (χ2v) is 5.71. The second kappa shape index (κ2) is 7.31. The highest BCUT2D eigenvalue weighted by atomic mass is 32.2. The van der Waals surface area contributed by atoms with Crippen molar-refractivity contribution in [3.8, 4) is 0 Å². The van der Waals surface area contributed by atoms with Crippen molar-refractivity contribution in [2.45, 2.75) is 13.0 Å². The van der Waals surface area contributed by atoms with Gasteiger partial charge in [0.15, 0.2) is 0 Å². The summed E-state index contributed by atoms with van der Waals surface area (Å²) in [7, 11) is 0. The van der Waals surface area contributed by atoms with Gasteiger partial charge in [-0.15, -0.1) is 0 Å². The Kier molecular flexibility index (Phi) is 5.43. The number of nitrogens with one attached hydrogen (secondary N) is 2. The van der Waals surface area contributed by atoms with Crippen LogP contribution >= 0.6 is 11.8 Å². The first-order valence-electron chi connectivity index (χ1n) is 6.73. The zero-order chi connectivity index (χ0) is 16.1. The third-order valence-corrected chi connectivity index (χ3v) is 3.80. The van der Waals surface area contributed by atoms with E-state index in [1.54, 1.807) is 30.8 Å². The Hall–Kier alpha value is -2.02. The molecule has 1 aromatic carbocycles. The van der Waals surface area contributed by atoms with E-state index in [-0.39, 0.29) is 17.7 Å². The first-order chi connectivity index (χ1) is 10.5. The van der Waals surface area contributed by atoms with E-state index < -0.39 is 23.9 Å². The molecule has 118 valence electrons. The summed E-state index contributed by atoms with van der Waals surface area (Å²) in [6, 6.07) is 4.68. The predicted molar refractivity (Wildman–Crippen MR) is 82.8 cm³/mol. The van der Waals surface area contributed by atoms with Crippen LogP contribution in [0.2, 0.25) is 0 Å². The molecule has 0 unspecified atom stereocenters. The van der Waals surface area contributed by atoms with Crippen LogP contribution in [-0.2, 0) is 9.53 Å². The molecule has 2 rings (SSSR count). The summed E-state index contributed by atoms with van der Waals surface area (Å²) in [6.45, 7) is 1.85. The third-order valence-electron chi connectivity index (χ3n) is 3.23. The summed E-state index contributed by atoms with van der Waals surface area (Å²) < 4.78 is 19.2. The lowest BCUT2D eigenvalue weighted by Gasteiger charge is -2.28. The number of hydrogen-bond acceptors (Lipinski definition) is 4. The van der Waals surface area contributed by atoms with Crippen LogP contribution in [0.5, 0.6) is 0 Å². The van der Waals surface area contributed by atoms with Gasteiger partial charge in [-0.25, -0.2) is 14.0 Å². The Labute approximate surface area is 132 Å². The third kappa shape index (κ3) is 3.59. The van der Waals surface area contributed by atoms with E-state index in [2.05, 4.69) is 10.6 Å². The topological polar surface area (TPSA) is 67.4 Å². The Bertz CT molecular complexity index is 619. The largest absolute Gasteiger partial charge is 0.461 e. The molecule has 0 aliphatic carbocycles. The van der Waals surface area contributed by atoms with Crippen molar-refractivity contribution in [1.82, 2.24) is 10.6 Å². The second-order valence-electron chi connectivity index (χ2n) is 4.72. The molecule has 1 aliphatic rings. The van der Waals surface area contributed by atoms with E-state index in [0.29, 0.717) is 11.4 Å². The smallest absolute Gasteiger partial charge is 0.338 e.